The SMILES string of the molecule is CO[N+](=O)c1cc(OC[C@@H](C)NC(=O)OC(C)(C)C)cc(-c2cnn(C)c2)c1. The fraction of sp³-hybridized carbons (Fsp3) is 0.474. The quantitative estimate of drug-likeness (QED) is 0.728. The van der Waals surface area contributed by atoms with Gasteiger partial charge in [-0.15, -0.1) is 0 Å². The van der Waals surface area contributed by atoms with Gasteiger partial charge >= 0.3 is 11.8 Å². The average Bonchev–Trinajstić information content (AvgIpc) is 3.03. The number of nitrogens with zero attached hydrogens (tertiary/aromatic N) is 3. The number of nitrogens with one attached hydrogen (secondary N) is 1. The van der Waals surface area contributed by atoms with Crippen LogP contribution in [0, 0.1) is 4.91 Å². The van der Waals surface area contributed by atoms with Gasteiger partial charge in [-0.25, -0.2) is 9.63 Å². The normalized spacial score (nSPS) is 12.2. The first kappa shape index (κ1) is 21.2. The van der Waals surface area contributed by atoms with Gasteiger partial charge in [-0.05, 0) is 39.3 Å². The number of ether oxygens (including phenoxy) is 2. The van der Waals surface area contributed by atoms with E-state index in [2.05, 4.69) is 10.4 Å². The van der Waals surface area contributed by atoms with Gasteiger partial charge in [-0.2, -0.15) is 5.10 Å². The molecule has 0 saturated heterocycles. The van der Waals surface area contributed by atoms with E-state index in [1.807, 2.05) is 13.2 Å². The molecular weight excluding hydrogens is 364 g/mol. The molecule has 0 unspecified atom stereocenters. The second-order valence-electron chi connectivity index (χ2n) is 7.42. The van der Waals surface area contributed by atoms with Crippen LogP contribution in [0.15, 0.2) is 30.6 Å². The van der Waals surface area contributed by atoms with Crippen molar-refractivity contribution in [2.75, 3.05) is 13.7 Å². The third-order valence-electron chi connectivity index (χ3n) is 3.57. The van der Waals surface area contributed by atoms with Gasteiger partial charge in [0.25, 0.3) is 4.92 Å². The first-order chi connectivity index (χ1) is 13.1. The van der Waals surface area contributed by atoms with Crippen molar-refractivity contribution in [3.8, 4) is 16.9 Å². The number of rotatable bonds is 7. The van der Waals surface area contributed by atoms with Crippen molar-refractivity contribution in [3.63, 3.8) is 0 Å². The van der Waals surface area contributed by atoms with E-state index >= 15 is 0 Å². The number of benzene rings is 1. The highest BCUT2D eigenvalue weighted by molar-refractivity contribution is 5.68. The first-order valence-electron chi connectivity index (χ1n) is 8.85. The Morgan fingerprint density at radius 2 is 2.00 bits per heavy atom. The topological polar surface area (TPSA) is 94.7 Å². The van der Waals surface area contributed by atoms with Crippen molar-refractivity contribution in [1.29, 1.82) is 0 Å². The molecule has 1 atom stereocenters. The van der Waals surface area contributed by atoms with Gasteiger partial charge in [-0.3, -0.25) is 4.68 Å². The molecule has 0 aliphatic heterocycles. The minimum Gasteiger partial charge on any atom is -0.491 e. The Bertz CT molecular complexity index is 841. The van der Waals surface area contributed by atoms with Gasteiger partial charge in [0.2, 0.25) is 0 Å². The van der Waals surface area contributed by atoms with Gasteiger partial charge < -0.3 is 14.8 Å². The van der Waals surface area contributed by atoms with Crippen molar-refractivity contribution < 1.29 is 24.0 Å². The molecule has 0 spiro atoms. The van der Waals surface area contributed by atoms with Crippen LogP contribution < -0.4 is 10.1 Å². The maximum atomic E-state index is 11.9. The number of aromatic nitrogens is 2. The number of aryl methyl sites for hydroxylation is 1. The van der Waals surface area contributed by atoms with Crippen LogP contribution in [0.4, 0.5) is 10.5 Å². The molecule has 2 aromatic rings. The molecule has 1 N–H and O–H groups in total. The van der Waals surface area contributed by atoms with Crippen molar-refractivity contribution in [2.45, 2.75) is 39.3 Å². The molecule has 9 nitrogen and oxygen atoms in total. The summed E-state index contributed by atoms with van der Waals surface area (Å²) in [4.78, 5) is 28.9. The zero-order chi connectivity index (χ0) is 20.9. The molecule has 0 bridgehead atoms. The second kappa shape index (κ2) is 8.73. The van der Waals surface area contributed by atoms with Gasteiger partial charge in [0.05, 0.1) is 23.2 Å². The minimum absolute atomic E-state index is 0.195. The number of hydrogen-bond donors (Lipinski definition) is 1. The van der Waals surface area contributed by atoms with E-state index in [1.54, 1.807) is 56.8 Å². The van der Waals surface area contributed by atoms with Crippen molar-refractivity contribution in [2.24, 2.45) is 7.05 Å². The maximum Gasteiger partial charge on any atom is 0.407 e. The second-order valence-corrected chi connectivity index (χ2v) is 7.42. The predicted molar refractivity (Wildman–Crippen MR) is 103 cm³/mol. The van der Waals surface area contributed by atoms with E-state index in [4.69, 9.17) is 14.3 Å². The van der Waals surface area contributed by atoms with Crippen LogP contribution in [-0.4, -0.2) is 46.2 Å². The minimum atomic E-state index is -0.574. The predicted octanol–water partition coefficient (Wildman–Crippen LogP) is 3.35. The van der Waals surface area contributed by atoms with E-state index in [9.17, 15) is 9.70 Å². The maximum absolute atomic E-state index is 11.9. The van der Waals surface area contributed by atoms with E-state index in [0.29, 0.717) is 10.7 Å². The van der Waals surface area contributed by atoms with E-state index < -0.39 is 11.7 Å². The lowest BCUT2D eigenvalue weighted by Gasteiger charge is -2.22. The zero-order valence-electron chi connectivity index (χ0n) is 17.1. The standard InChI is InChI=1S/C19H26N4O5/c1-13(21-18(24)28-19(2,3)4)12-27-17-8-14(15-10-20-22(5)11-15)7-16(9-17)23(25)26-6/h7-11,13H,12H2,1-6H3/p+1/t13-/m1/s1. The van der Waals surface area contributed by atoms with Gasteiger partial charge in [-0.1, -0.05) is 0 Å². The van der Waals surface area contributed by atoms with Crippen LogP contribution in [-0.2, 0) is 16.6 Å². The fourth-order valence-corrected chi connectivity index (χ4v) is 2.39. The lowest BCUT2D eigenvalue weighted by Crippen LogP contribution is -2.40. The summed E-state index contributed by atoms with van der Waals surface area (Å²) in [5.74, 6) is 0.465. The highest BCUT2D eigenvalue weighted by atomic mass is 16.8. The lowest BCUT2D eigenvalue weighted by atomic mass is 10.1. The van der Waals surface area contributed by atoms with Crippen LogP contribution in [0.1, 0.15) is 27.7 Å². The zero-order valence-corrected chi connectivity index (χ0v) is 17.1. The molecular formula is C19H27N4O5+. The van der Waals surface area contributed by atoms with E-state index in [0.717, 1.165) is 11.1 Å². The lowest BCUT2D eigenvalue weighted by molar-refractivity contribution is -0.736. The highest BCUT2D eigenvalue weighted by Gasteiger charge is 2.20. The Hall–Kier alpha value is -3.10. The van der Waals surface area contributed by atoms with Crippen LogP contribution in [0.2, 0.25) is 0 Å². The van der Waals surface area contributed by atoms with Crippen LogP contribution in [0.25, 0.3) is 11.1 Å². The molecule has 0 aliphatic rings. The third kappa shape index (κ3) is 6.26. The smallest absolute Gasteiger partial charge is 0.407 e. The molecule has 1 aromatic carbocycles. The molecule has 9 heteroatoms. The summed E-state index contributed by atoms with van der Waals surface area (Å²) in [5, 5.41) is 6.85. The van der Waals surface area contributed by atoms with Crippen LogP contribution in [0.3, 0.4) is 0 Å². The molecule has 2 rings (SSSR count). The van der Waals surface area contributed by atoms with Gasteiger partial charge in [0.15, 0.2) is 7.11 Å². The summed E-state index contributed by atoms with van der Waals surface area (Å²) >= 11 is 0. The van der Waals surface area contributed by atoms with Crippen molar-refractivity contribution >= 4 is 11.8 Å². The largest absolute Gasteiger partial charge is 0.491 e. The Kier molecular flexibility index (Phi) is 6.61. The molecule has 1 heterocycles. The van der Waals surface area contributed by atoms with Crippen LogP contribution >= 0.6 is 0 Å². The summed E-state index contributed by atoms with van der Waals surface area (Å²) < 4.78 is 12.7. The van der Waals surface area contributed by atoms with E-state index in [-0.39, 0.29) is 18.3 Å². The fourth-order valence-electron chi connectivity index (χ4n) is 2.39. The molecule has 152 valence electrons. The summed E-state index contributed by atoms with van der Waals surface area (Å²) in [6.45, 7) is 7.38. The number of hydrogen-bond acceptors (Lipinski definition) is 6. The number of alkyl carbamates (subject to hydrolysis) is 1. The molecule has 1 aromatic heterocycles. The van der Waals surface area contributed by atoms with Crippen molar-refractivity contribution in [3.05, 3.63) is 35.5 Å². The summed E-state index contributed by atoms with van der Waals surface area (Å²) in [7, 11) is 3.10. The Morgan fingerprint density at radius 3 is 2.57 bits per heavy atom. The summed E-state index contributed by atoms with van der Waals surface area (Å²) in [6, 6.07) is 4.75. The Labute approximate surface area is 164 Å². The third-order valence-corrected chi connectivity index (χ3v) is 3.57. The highest BCUT2D eigenvalue weighted by Crippen LogP contribution is 2.30. The molecule has 0 aliphatic carbocycles. The molecule has 1 amide bonds. The number of carbonyl (C=O) groups excluding carboxylic acids is 1. The molecule has 0 saturated carbocycles. The molecule has 0 radical (unpaired) electrons. The monoisotopic (exact) mass is 391 g/mol. The van der Waals surface area contributed by atoms with Gasteiger partial charge in [0.1, 0.15) is 18.0 Å². The number of amides is 1. The molecule has 28 heavy (non-hydrogen) atoms. The summed E-state index contributed by atoms with van der Waals surface area (Å²) in [6.07, 6.45) is 3.01. The van der Waals surface area contributed by atoms with Crippen LogP contribution in [0.5, 0.6) is 5.75 Å². The average molecular weight is 391 g/mol. The summed E-state index contributed by atoms with van der Waals surface area (Å²) in [5.41, 5.74) is 1.30. The Balaban J connectivity index is 2.11. The Morgan fingerprint density at radius 1 is 1.29 bits per heavy atom. The van der Waals surface area contributed by atoms with Crippen molar-refractivity contribution in [1.82, 2.24) is 15.1 Å². The number of carbonyl (C=O) groups is 1. The van der Waals surface area contributed by atoms with E-state index in [1.165, 1.54) is 7.11 Å². The molecule has 0 fully saturated rings. The van der Waals surface area contributed by atoms with Gasteiger partial charge in [0, 0.05) is 24.9 Å². The first-order valence-corrected chi connectivity index (χ1v) is 8.85.